The first kappa shape index (κ1) is 12.8. The minimum atomic E-state index is 0.247. The van der Waals surface area contributed by atoms with Gasteiger partial charge >= 0.3 is 0 Å². The second kappa shape index (κ2) is 5.82. The Morgan fingerprint density at radius 3 is 2.67 bits per heavy atom. The van der Waals surface area contributed by atoms with E-state index in [-0.39, 0.29) is 6.10 Å². The Balaban J connectivity index is 2.03. The summed E-state index contributed by atoms with van der Waals surface area (Å²) in [5.41, 5.74) is 0.424. The number of nitrogens with one attached hydrogen (secondary N) is 1. The summed E-state index contributed by atoms with van der Waals surface area (Å²) >= 11 is 0. The van der Waals surface area contributed by atoms with Gasteiger partial charge in [0.15, 0.2) is 5.75 Å². The SMILES string of the molecule is COc1cc(OC2CCN(C)CC2)ccc1[NH+]=O. The van der Waals surface area contributed by atoms with E-state index < -0.39 is 0 Å². The minimum Gasteiger partial charge on any atom is -0.490 e. The van der Waals surface area contributed by atoms with E-state index in [0.29, 0.717) is 11.4 Å². The molecule has 5 nitrogen and oxygen atoms in total. The zero-order chi connectivity index (χ0) is 13.0. The molecule has 1 heterocycles. The van der Waals surface area contributed by atoms with E-state index in [4.69, 9.17) is 9.47 Å². The van der Waals surface area contributed by atoms with Crippen molar-refractivity contribution in [3.63, 3.8) is 0 Å². The van der Waals surface area contributed by atoms with E-state index >= 15 is 0 Å². The van der Waals surface area contributed by atoms with Gasteiger partial charge in [0.2, 0.25) is 0 Å². The molecule has 0 unspecified atom stereocenters. The van der Waals surface area contributed by atoms with Gasteiger partial charge in [0, 0.05) is 35.3 Å². The van der Waals surface area contributed by atoms with Gasteiger partial charge in [0.1, 0.15) is 11.9 Å². The molecule has 1 aromatic carbocycles. The Kier molecular flexibility index (Phi) is 4.15. The number of likely N-dealkylation sites (tertiary alicyclic amines) is 1. The van der Waals surface area contributed by atoms with E-state index in [2.05, 4.69) is 11.9 Å². The Bertz CT molecular complexity index is 415. The van der Waals surface area contributed by atoms with Crippen LogP contribution in [0.25, 0.3) is 0 Å². The Hall–Kier alpha value is -1.62. The molecule has 0 aliphatic carbocycles. The molecule has 98 valence electrons. The van der Waals surface area contributed by atoms with Crippen LogP contribution in [-0.2, 0) is 0 Å². The van der Waals surface area contributed by atoms with Crippen LogP contribution in [0.15, 0.2) is 18.2 Å². The van der Waals surface area contributed by atoms with Crippen molar-refractivity contribution >= 4 is 5.69 Å². The highest BCUT2D eigenvalue weighted by atomic mass is 16.5. The number of ether oxygens (including phenoxy) is 2. The number of piperidine rings is 1. The van der Waals surface area contributed by atoms with Crippen LogP contribution in [0.3, 0.4) is 0 Å². The fourth-order valence-electron chi connectivity index (χ4n) is 2.12. The molecule has 1 fully saturated rings. The van der Waals surface area contributed by atoms with E-state index in [1.807, 2.05) is 5.18 Å². The molecule has 2 rings (SSSR count). The molecule has 1 aliphatic rings. The number of nitrogens with zero attached hydrogens (tertiary/aromatic N) is 1. The molecule has 0 bridgehead atoms. The van der Waals surface area contributed by atoms with Gasteiger partial charge in [-0.25, -0.2) is 0 Å². The van der Waals surface area contributed by atoms with Gasteiger partial charge in [-0.3, -0.25) is 0 Å². The van der Waals surface area contributed by atoms with Crippen molar-refractivity contribution in [3.8, 4) is 11.5 Å². The summed E-state index contributed by atoms with van der Waals surface area (Å²) in [6.07, 6.45) is 2.30. The van der Waals surface area contributed by atoms with Crippen LogP contribution in [0.4, 0.5) is 5.69 Å². The molecule has 18 heavy (non-hydrogen) atoms. The Morgan fingerprint density at radius 1 is 1.33 bits per heavy atom. The molecule has 5 heteroatoms. The van der Waals surface area contributed by atoms with Crippen molar-refractivity contribution in [1.82, 2.24) is 4.90 Å². The van der Waals surface area contributed by atoms with Crippen molar-refractivity contribution in [2.45, 2.75) is 18.9 Å². The maximum absolute atomic E-state index is 10.7. The number of benzene rings is 1. The van der Waals surface area contributed by atoms with Gasteiger partial charge in [-0.15, -0.1) is 0 Å². The quantitative estimate of drug-likeness (QED) is 0.853. The summed E-state index contributed by atoms with van der Waals surface area (Å²) in [5, 5.41) is 1.85. The predicted molar refractivity (Wildman–Crippen MR) is 68.1 cm³/mol. The average molecular weight is 251 g/mol. The molecule has 1 N–H and O–H groups in total. The van der Waals surface area contributed by atoms with E-state index in [9.17, 15) is 4.91 Å². The zero-order valence-electron chi connectivity index (χ0n) is 10.8. The lowest BCUT2D eigenvalue weighted by molar-refractivity contribution is -0.380. The van der Waals surface area contributed by atoms with Gasteiger partial charge in [0.05, 0.1) is 7.11 Å². The van der Waals surface area contributed by atoms with Crippen LogP contribution in [-0.4, -0.2) is 38.3 Å². The largest absolute Gasteiger partial charge is 0.490 e. The standard InChI is InChI=1S/C13H18N2O3/c1-15-7-5-10(6-8-15)18-11-3-4-12(14-16)13(9-11)17-2/h3-4,9-10H,5-8H2,1-2H3/p+1. The van der Waals surface area contributed by atoms with E-state index in [1.54, 1.807) is 18.2 Å². The maximum Gasteiger partial charge on any atom is 0.295 e. The molecule has 1 aromatic rings. The summed E-state index contributed by atoms with van der Waals surface area (Å²) in [6, 6.07) is 5.22. The Labute approximate surface area is 107 Å². The number of hydrogen-bond donors (Lipinski definition) is 1. The molecule has 0 atom stereocenters. The first-order valence-electron chi connectivity index (χ1n) is 6.14. The van der Waals surface area contributed by atoms with Crippen molar-refractivity contribution < 1.29 is 14.7 Å². The second-order valence-corrected chi connectivity index (χ2v) is 4.58. The fourth-order valence-corrected chi connectivity index (χ4v) is 2.12. The van der Waals surface area contributed by atoms with Crippen molar-refractivity contribution in [3.05, 3.63) is 23.1 Å². The number of hydrogen-bond acceptors (Lipinski definition) is 4. The smallest absolute Gasteiger partial charge is 0.295 e. The third-order valence-corrected chi connectivity index (χ3v) is 3.25. The van der Waals surface area contributed by atoms with E-state index in [1.165, 1.54) is 7.11 Å². The first-order valence-corrected chi connectivity index (χ1v) is 6.14. The molecule has 0 saturated carbocycles. The third kappa shape index (κ3) is 2.98. The third-order valence-electron chi connectivity index (χ3n) is 3.25. The van der Waals surface area contributed by atoms with Crippen LogP contribution < -0.4 is 14.7 Å². The van der Waals surface area contributed by atoms with Crippen LogP contribution in [0.2, 0.25) is 0 Å². The average Bonchev–Trinajstić information content (AvgIpc) is 2.41. The molecule has 1 aliphatic heterocycles. The summed E-state index contributed by atoms with van der Waals surface area (Å²) < 4.78 is 11.0. The van der Waals surface area contributed by atoms with Gasteiger partial charge in [-0.05, 0) is 26.0 Å². The fraction of sp³-hybridized carbons (Fsp3) is 0.538. The number of nitroso groups, excluding NO2 is 1. The predicted octanol–water partition coefficient (Wildman–Crippen LogP) is 0.647. The topological polar surface area (TPSA) is 52.7 Å². The monoisotopic (exact) mass is 251 g/mol. The van der Waals surface area contributed by atoms with Gasteiger partial charge in [0.25, 0.3) is 5.69 Å². The van der Waals surface area contributed by atoms with Crippen LogP contribution in [0, 0.1) is 4.91 Å². The highest BCUT2D eigenvalue weighted by Gasteiger charge is 2.19. The van der Waals surface area contributed by atoms with Crippen LogP contribution in [0.1, 0.15) is 12.8 Å². The van der Waals surface area contributed by atoms with Crippen LogP contribution >= 0.6 is 0 Å². The van der Waals surface area contributed by atoms with Gasteiger partial charge in [-0.2, -0.15) is 0 Å². The minimum absolute atomic E-state index is 0.247. The van der Waals surface area contributed by atoms with Gasteiger partial charge < -0.3 is 14.4 Å². The van der Waals surface area contributed by atoms with E-state index in [0.717, 1.165) is 31.7 Å². The van der Waals surface area contributed by atoms with Crippen molar-refractivity contribution in [2.24, 2.45) is 0 Å². The molecular weight excluding hydrogens is 232 g/mol. The van der Waals surface area contributed by atoms with Crippen molar-refractivity contribution in [2.75, 3.05) is 27.2 Å². The summed E-state index contributed by atoms with van der Waals surface area (Å²) in [6.45, 7) is 2.12. The van der Waals surface area contributed by atoms with Crippen molar-refractivity contribution in [1.29, 1.82) is 0 Å². The molecule has 1 saturated heterocycles. The summed E-state index contributed by atoms with van der Waals surface area (Å²) in [5.74, 6) is 1.26. The van der Waals surface area contributed by atoms with Crippen LogP contribution in [0.5, 0.6) is 11.5 Å². The molecule has 0 amide bonds. The molecule has 0 spiro atoms. The normalized spacial score (nSPS) is 17.4. The summed E-state index contributed by atoms with van der Waals surface area (Å²) in [7, 11) is 3.66. The van der Waals surface area contributed by atoms with Gasteiger partial charge in [-0.1, -0.05) is 0 Å². The summed E-state index contributed by atoms with van der Waals surface area (Å²) in [4.78, 5) is 13.0. The lowest BCUT2D eigenvalue weighted by Gasteiger charge is -2.29. The number of rotatable bonds is 4. The zero-order valence-corrected chi connectivity index (χ0v) is 10.8. The maximum atomic E-state index is 10.7. The molecule has 0 aromatic heterocycles. The highest BCUT2D eigenvalue weighted by molar-refractivity contribution is 5.49. The second-order valence-electron chi connectivity index (χ2n) is 4.58. The highest BCUT2D eigenvalue weighted by Crippen LogP contribution is 2.27. The Morgan fingerprint density at radius 2 is 2.06 bits per heavy atom. The number of methoxy groups -OCH3 is 1. The first-order chi connectivity index (χ1) is 8.72. The molecular formula is C13H19N2O3+. The lowest BCUT2D eigenvalue weighted by atomic mass is 10.1. The lowest BCUT2D eigenvalue weighted by Crippen LogP contribution is -2.55. The molecule has 0 radical (unpaired) electrons.